The lowest BCUT2D eigenvalue weighted by atomic mass is 10.1. The smallest absolute Gasteiger partial charge is 0.341 e. The number of carbonyl (C=O) groups is 2. The quantitative estimate of drug-likeness (QED) is 0.460. The molecule has 0 saturated heterocycles. The zero-order valence-electron chi connectivity index (χ0n) is 15.5. The molecule has 1 heterocycles. The molecule has 0 aliphatic rings. The summed E-state index contributed by atoms with van der Waals surface area (Å²) in [5, 5.41) is 12.3. The molecule has 8 heteroatoms. The highest BCUT2D eigenvalue weighted by Crippen LogP contribution is 2.34. The Morgan fingerprint density at radius 2 is 1.83 bits per heavy atom. The van der Waals surface area contributed by atoms with E-state index in [1.165, 1.54) is 0 Å². The number of para-hydroxylation sites is 2. The summed E-state index contributed by atoms with van der Waals surface area (Å²) in [7, 11) is 0. The molecule has 0 spiro atoms. The van der Waals surface area contributed by atoms with Gasteiger partial charge in [-0.05, 0) is 54.6 Å². The van der Waals surface area contributed by atoms with Crippen molar-refractivity contribution < 1.29 is 23.8 Å². The van der Waals surface area contributed by atoms with Crippen LogP contribution in [0.1, 0.15) is 10.4 Å². The van der Waals surface area contributed by atoms with Crippen LogP contribution in [0.4, 0.5) is 5.69 Å². The molecule has 2 N–H and O–H groups in total. The molecule has 0 aliphatic carbocycles. The normalized spacial score (nSPS) is 10.7. The Morgan fingerprint density at radius 1 is 1.07 bits per heavy atom. The summed E-state index contributed by atoms with van der Waals surface area (Å²) in [6.45, 7) is -0.524. The van der Waals surface area contributed by atoms with E-state index in [0.717, 1.165) is 0 Å². The lowest BCUT2D eigenvalue weighted by molar-refractivity contribution is -0.139. The van der Waals surface area contributed by atoms with Crippen molar-refractivity contribution in [1.29, 1.82) is 0 Å². The first-order valence-corrected chi connectivity index (χ1v) is 9.29. The molecule has 4 aromatic rings. The second kappa shape index (κ2) is 8.26. The van der Waals surface area contributed by atoms with Gasteiger partial charge in [-0.25, -0.2) is 9.78 Å². The van der Waals surface area contributed by atoms with Crippen LogP contribution in [-0.2, 0) is 4.79 Å². The third-order valence-electron chi connectivity index (χ3n) is 4.22. The van der Waals surface area contributed by atoms with Crippen molar-refractivity contribution in [1.82, 2.24) is 4.98 Å². The number of fused-ring (bicyclic) bond motifs is 1. The van der Waals surface area contributed by atoms with Gasteiger partial charge >= 0.3 is 5.97 Å². The molecule has 0 radical (unpaired) electrons. The first kappa shape index (κ1) is 19.5. The number of carboxylic acid groups (broad SMARTS) is 1. The Bertz CT molecular complexity index is 1200. The molecule has 7 nitrogen and oxygen atoms in total. The number of oxazole rings is 1. The Morgan fingerprint density at radius 3 is 2.57 bits per heavy atom. The highest BCUT2D eigenvalue weighted by Gasteiger charge is 2.16. The maximum Gasteiger partial charge on any atom is 0.341 e. The lowest BCUT2D eigenvalue weighted by Crippen LogP contribution is -2.12. The van der Waals surface area contributed by atoms with Gasteiger partial charge in [0.05, 0.1) is 5.56 Å². The number of nitrogens with one attached hydrogen (secondary N) is 1. The molecule has 0 atom stereocenters. The zero-order chi connectivity index (χ0) is 21.1. The van der Waals surface area contributed by atoms with Gasteiger partial charge in [0, 0.05) is 16.3 Å². The summed E-state index contributed by atoms with van der Waals surface area (Å²) >= 11 is 5.86. The highest BCUT2D eigenvalue weighted by atomic mass is 35.5. The van der Waals surface area contributed by atoms with E-state index in [1.54, 1.807) is 54.6 Å². The van der Waals surface area contributed by atoms with Gasteiger partial charge in [0.25, 0.3) is 5.91 Å². The third-order valence-corrected chi connectivity index (χ3v) is 4.47. The zero-order valence-corrected chi connectivity index (χ0v) is 16.2. The minimum absolute atomic E-state index is 0.249. The summed E-state index contributed by atoms with van der Waals surface area (Å²) < 4.78 is 11.2. The van der Waals surface area contributed by atoms with Crippen molar-refractivity contribution in [2.75, 3.05) is 11.9 Å². The molecular formula is C22H15ClN2O5. The predicted molar refractivity (Wildman–Crippen MR) is 112 cm³/mol. The Labute approximate surface area is 175 Å². The van der Waals surface area contributed by atoms with Crippen LogP contribution >= 0.6 is 11.6 Å². The number of carbonyl (C=O) groups excluding carboxylic acids is 1. The van der Waals surface area contributed by atoms with E-state index in [1.807, 2.05) is 12.1 Å². The minimum atomic E-state index is -1.11. The molecule has 1 aromatic heterocycles. The number of anilines is 1. The topological polar surface area (TPSA) is 102 Å². The van der Waals surface area contributed by atoms with Crippen molar-refractivity contribution in [3.05, 3.63) is 77.3 Å². The van der Waals surface area contributed by atoms with E-state index in [2.05, 4.69) is 10.3 Å². The number of carboxylic acids is 1. The second-order valence-electron chi connectivity index (χ2n) is 6.34. The van der Waals surface area contributed by atoms with Crippen LogP contribution < -0.4 is 10.1 Å². The van der Waals surface area contributed by atoms with E-state index in [9.17, 15) is 9.59 Å². The number of nitrogens with zero attached hydrogens (tertiary/aromatic N) is 1. The molecule has 30 heavy (non-hydrogen) atoms. The first-order valence-electron chi connectivity index (χ1n) is 8.91. The summed E-state index contributed by atoms with van der Waals surface area (Å²) in [4.78, 5) is 27.9. The number of aromatic nitrogens is 1. The predicted octanol–water partition coefficient (Wildman–Crippen LogP) is 4.86. The average Bonchev–Trinajstić information content (AvgIpc) is 3.17. The fourth-order valence-electron chi connectivity index (χ4n) is 2.83. The van der Waals surface area contributed by atoms with Crippen LogP contribution in [0.5, 0.6) is 5.75 Å². The van der Waals surface area contributed by atoms with E-state index >= 15 is 0 Å². The number of hydrogen-bond donors (Lipinski definition) is 2. The second-order valence-corrected chi connectivity index (χ2v) is 6.78. The summed E-state index contributed by atoms with van der Waals surface area (Å²) in [5.41, 5.74) is 2.55. The number of rotatable bonds is 6. The Hall–Kier alpha value is -3.84. The Balaban J connectivity index is 1.69. The van der Waals surface area contributed by atoms with Gasteiger partial charge in [-0.1, -0.05) is 23.7 Å². The van der Waals surface area contributed by atoms with E-state index in [-0.39, 0.29) is 17.5 Å². The molecule has 1 amide bonds. The van der Waals surface area contributed by atoms with Gasteiger partial charge in [-0.3, -0.25) is 4.79 Å². The number of ether oxygens (including phenoxy) is 1. The van der Waals surface area contributed by atoms with E-state index in [4.69, 9.17) is 25.9 Å². The SMILES string of the molecule is O=C(O)COc1ccc(NC(=O)c2ccc(Cl)cc2)cc1-c1nc2ccccc2o1. The van der Waals surface area contributed by atoms with Gasteiger partial charge in [0.15, 0.2) is 12.2 Å². The lowest BCUT2D eigenvalue weighted by Gasteiger charge is -2.11. The maximum absolute atomic E-state index is 12.5. The van der Waals surface area contributed by atoms with Gasteiger partial charge < -0.3 is 19.6 Å². The van der Waals surface area contributed by atoms with E-state index < -0.39 is 12.6 Å². The third kappa shape index (κ3) is 4.26. The average molecular weight is 423 g/mol. The largest absolute Gasteiger partial charge is 0.481 e. The molecular weight excluding hydrogens is 408 g/mol. The van der Waals surface area contributed by atoms with Gasteiger partial charge in [0.1, 0.15) is 11.3 Å². The van der Waals surface area contributed by atoms with Crippen molar-refractivity contribution in [2.45, 2.75) is 0 Å². The molecule has 0 bridgehead atoms. The first-order chi connectivity index (χ1) is 14.5. The molecule has 0 fully saturated rings. The van der Waals surface area contributed by atoms with Crippen LogP contribution in [0.15, 0.2) is 71.1 Å². The van der Waals surface area contributed by atoms with Crippen LogP contribution in [0.2, 0.25) is 5.02 Å². The van der Waals surface area contributed by atoms with Crippen LogP contribution in [0.3, 0.4) is 0 Å². The molecule has 3 aromatic carbocycles. The standard InChI is InChI=1S/C22H15ClN2O5/c23-14-7-5-13(6-8-14)21(28)24-15-9-10-18(29-12-20(26)27)16(11-15)22-25-17-3-1-2-4-19(17)30-22/h1-11H,12H2,(H,24,28)(H,26,27). The highest BCUT2D eigenvalue weighted by molar-refractivity contribution is 6.30. The number of aliphatic carboxylic acids is 1. The number of benzene rings is 3. The van der Waals surface area contributed by atoms with Crippen molar-refractivity contribution in [2.24, 2.45) is 0 Å². The number of halogens is 1. The molecule has 150 valence electrons. The molecule has 0 aliphatic heterocycles. The molecule has 0 unspecified atom stereocenters. The number of amides is 1. The summed E-state index contributed by atoms with van der Waals surface area (Å²) in [6.07, 6.45) is 0. The van der Waals surface area contributed by atoms with Crippen LogP contribution in [-0.4, -0.2) is 28.6 Å². The summed E-state index contributed by atoms with van der Waals surface area (Å²) in [5.74, 6) is -0.916. The fraction of sp³-hybridized carbons (Fsp3) is 0.0455. The van der Waals surface area contributed by atoms with Crippen LogP contribution in [0, 0.1) is 0 Å². The monoisotopic (exact) mass is 422 g/mol. The van der Waals surface area contributed by atoms with Gasteiger partial charge in [-0.2, -0.15) is 0 Å². The van der Waals surface area contributed by atoms with Crippen LogP contribution in [0.25, 0.3) is 22.6 Å². The van der Waals surface area contributed by atoms with Crippen molar-refractivity contribution >= 4 is 40.3 Å². The van der Waals surface area contributed by atoms with Crippen molar-refractivity contribution in [3.8, 4) is 17.2 Å². The minimum Gasteiger partial charge on any atom is -0.481 e. The van der Waals surface area contributed by atoms with Gasteiger partial charge in [-0.15, -0.1) is 0 Å². The van der Waals surface area contributed by atoms with E-state index in [0.29, 0.717) is 32.9 Å². The van der Waals surface area contributed by atoms with Gasteiger partial charge in [0.2, 0.25) is 5.89 Å². The molecule has 4 rings (SSSR count). The number of hydrogen-bond acceptors (Lipinski definition) is 5. The summed E-state index contributed by atoms with van der Waals surface area (Å²) in [6, 6.07) is 18.5. The molecule has 0 saturated carbocycles. The fourth-order valence-corrected chi connectivity index (χ4v) is 2.96. The Kier molecular flexibility index (Phi) is 5.36. The van der Waals surface area contributed by atoms with Crippen molar-refractivity contribution in [3.63, 3.8) is 0 Å². The maximum atomic E-state index is 12.5.